The van der Waals surface area contributed by atoms with Crippen LogP contribution in [-0.2, 0) is 4.79 Å². The fourth-order valence-electron chi connectivity index (χ4n) is 2.29. The van der Waals surface area contributed by atoms with E-state index >= 15 is 0 Å². The molecular formula is C17H19NO. The molecule has 0 aromatic heterocycles. The third-order valence-corrected chi connectivity index (χ3v) is 3.07. The van der Waals surface area contributed by atoms with E-state index in [0.29, 0.717) is 0 Å². The van der Waals surface area contributed by atoms with Gasteiger partial charge in [0, 0.05) is 18.3 Å². The summed E-state index contributed by atoms with van der Waals surface area (Å²) in [5, 5.41) is 0. The number of hydrogen-bond donors (Lipinski definition) is 0. The fraction of sp³-hybridized carbons (Fsp3) is 0.235. The van der Waals surface area contributed by atoms with Crippen LogP contribution in [0.1, 0.15) is 23.6 Å². The molecule has 0 unspecified atom stereocenters. The van der Waals surface area contributed by atoms with Crippen molar-refractivity contribution >= 4 is 17.3 Å². The third kappa shape index (κ3) is 3.02. The smallest absolute Gasteiger partial charge is 0.228 e. The van der Waals surface area contributed by atoms with Crippen LogP contribution in [0.15, 0.2) is 42.5 Å². The monoisotopic (exact) mass is 253 g/mol. The van der Waals surface area contributed by atoms with E-state index in [-0.39, 0.29) is 5.91 Å². The molecule has 2 aromatic carbocycles. The van der Waals surface area contributed by atoms with Crippen LogP contribution < -0.4 is 4.90 Å². The standard InChI is InChI=1S/C17H19NO/c1-12-5-7-16(8-6-12)18(15(4)19)17-10-13(2)9-14(3)11-17/h5-11H,1-4H3. The molecular weight excluding hydrogens is 234 g/mol. The van der Waals surface area contributed by atoms with Gasteiger partial charge in [0.2, 0.25) is 5.91 Å². The number of rotatable bonds is 2. The van der Waals surface area contributed by atoms with Crippen molar-refractivity contribution in [2.24, 2.45) is 0 Å². The number of aryl methyl sites for hydroxylation is 3. The van der Waals surface area contributed by atoms with Crippen LogP contribution >= 0.6 is 0 Å². The minimum atomic E-state index is 0.0221. The summed E-state index contributed by atoms with van der Waals surface area (Å²) in [5.41, 5.74) is 5.34. The lowest BCUT2D eigenvalue weighted by Gasteiger charge is -2.22. The van der Waals surface area contributed by atoms with Crippen molar-refractivity contribution in [1.82, 2.24) is 0 Å². The Morgan fingerprint density at radius 1 is 0.789 bits per heavy atom. The number of nitrogens with zero attached hydrogens (tertiary/aromatic N) is 1. The lowest BCUT2D eigenvalue weighted by Crippen LogP contribution is -2.22. The second-order valence-electron chi connectivity index (χ2n) is 5.04. The number of benzene rings is 2. The molecule has 2 heteroatoms. The Kier molecular flexibility index (Phi) is 3.70. The van der Waals surface area contributed by atoms with Crippen molar-refractivity contribution < 1.29 is 4.79 Å². The number of hydrogen-bond acceptors (Lipinski definition) is 1. The zero-order chi connectivity index (χ0) is 14.0. The Bertz CT molecular complexity index is 579. The molecule has 0 atom stereocenters. The van der Waals surface area contributed by atoms with E-state index in [4.69, 9.17) is 0 Å². The van der Waals surface area contributed by atoms with Crippen molar-refractivity contribution in [3.63, 3.8) is 0 Å². The molecule has 0 fully saturated rings. The number of carbonyl (C=O) groups is 1. The summed E-state index contributed by atoms with van der Waals surface area (Å²) in [6.07, 6.45) is 0. The van der Waals surface area contributed by atoms with Gasteiger partial charge in [-0.2, -0.15) is 0 Å². The predicted octanol–water partition coefficient (Wildman–Crippen LogP) is 4.30. The van der Waals surface area contributed by atoms with Crippen LogP contribution in [0.3, 0.4) is 0 Å². The quantitative estimate of drug-likeness (QED) is 0.781. The molecule has 0 aliphatic carbocycles. The van der Waals surface area contributed by atoms with Gasteiger partial charge in [-0.15, -0.1) is 0 Å². The molecule has 0 bridgehead atoms. The van der Waals surface area contributed by atoms with E-state index in [1.165, 1.54) is 5.56 Å². The third-order valence-electron chi connectivity index (χ3n) is 3.07. The van der Waals surface area contributed by atoms with Gasteiger partial charge in [-0.05, 0) is 56.2 Å². The summed E-state index contributed by atoms with van der Waals surface area (Å²) >= 11 is 0. The molecule has 0 radical (unpaired) electrons. The van der Waals surface area contributed by atoms with E-state index in [1.807, 2.05) is 57.2 Å². The SMILES string of the molecule is CC(=O)N(c1ccc(C)cc1)c1cc(C)cc(C)c1. The van der Waals surface area contributed by atoms with Gasteiger partial charge in [-0.1, -0.05) is 23.8 Å². The molecule has 98 valence electrons. The van der Waals surface area contributed by atoms with Gasteiger partial charge < -0.3 is 0 Å². The zero-order valence-corrected chi connectivity index (χ0v) is 11.9. The molecule has 1 amide bonds. The highest BCUT2D eigenvalue weighted by molar-refractivity contribution is 5.99. The molecule has 0 aliphatic heterocycles. The molecule has 0 heterocycles. The van der Waals surface area contributed by atoms with Crippen LogP contribution in [0.4, 0.5) is 11.4 Å². The topological polar surface area (TPSA) is 20.3 Å². The van der Waals surface area contributed by atoms with E-state index in [2.05, 4.69) is 6.07 Å². The van der Waals surface area contributed by atoms with Gasteiger partial charge in [0.15, 0.2) is 0 Å². The Hall–Kier alpha value is -2.09. The van der Waals surface area contributed by atoms with Gasteiger partial charge >= 0.3 is 0 Å². The highest BCUT2D eigenvalue weighted by atomic mass is 16.2. The van der Waals surface area contributed by atoms with Crippen molar-refractivity contribution in [3.8, 4) is 0 Å². The predicted molar refractivity (Wildman–Crippen MR) is 79.9 cm³/mol. The van der Waals surface area contributed by atoms with Gasteiger partial charge in [0.05, 0.1) is 0 Å². The maximum atomic E-state index is 12.0. The maximum Gasteiger partial charge on any atom is 0.228 e. The van der Waals surface area contributed by atoms with E-state index in [0.717, 1.165) is 22.5 Å². The van der Waals surface area contributed by atoms with Gasteiger partial charge in [-0.3, -0.25) is 9.69 Å². The molecule has 0 saturated carbocycles. The number of carbonyl (C=O) groups excluding carboxylic acids is 1. The summed E-state index contributed by atoms with van der Waals surface area (Å²) in [7, 11) is 0. The highest BCUT2D eigenvalue weighted by Gasteiger charge is 2.14. The number of amides is 1. The van der Waals surface area contributed by atoms with Crippen molar-refractivity contribution in [2.45, 2.75) is 27.7 Å². The van der Waals surface area contributed by atoms with Gasteiger partial charge in [0.1, 0.15) is 0 Å². The second kappa shape index (κ2) is 5.27. The first-order chi connectivity index (χ1) is 8.97. The Balaban J connectivity index is 2.51. The molecule has 0 aliphatic rings. The minimum Gasteiger partial charge on any atom is -0.281 e. The molecule has 0 spiro atoms. The molecule has 19 heavy (non-hydrogen) atoms. The summed E-state index contributed by atoms with van der Waals surface area (Å²) < 4.78 is 0. The Morgan fingerprint density at radius 3 is 1.79 bits per heavy atom. The molecule has 2 aromatic rings. The lowest BCUT2D eigenvalue weighted by molar-refractivity contribution is -0.115. The summed E-state index contributed by atoms with van der Waals surface area (Å²) in [5.74, 6) is 0.0221. The van der Waals surface area contributed by atoms with Gasteiger partial charge in [-0.25, -0.2) is 0 Å². The fourth-order valence-corrected chi connectivity index (χ4v) is 2.29. The average Bonchev–Trinajstić information content (AvgIpc) is 2.30. The van der Waals surface area contributed by atoms with E-state index in [9.17, 15) is 4.79 Å². The first-order valence-electron chi connectivity index (χ1n) is 6.43. The summed E-state index contributed by atoms with van der Waals surface area (Å²) in [6, 6.07) is 14.2. The highest BCUT2D eigenvalue weighted by Crippen LogP contribution is 2.27. The minimum absolute atomic E-state index is 0.0221. The normalized spacial score (nSPS) is 10.3. The molecule has 0 N–H and O–H groups in total. The van der Waals surface area contributed by atoms with Crippen LogP contribution in [0.25, 0.3) is 0 Å². The first-order valence-corrected chi connectivity index (χ1v) is 6.43. The molecule has 0 saturated heterocycles. The van der Waals surface area contributed by atoms with Crippen molar-refractivity contribution in [1.29, 1.82) is 0 Å². The zero-order valence-electron chi connectivity index (χ0n) is 11.9. The van der Waals surface area contributed by atoms with Crippen molar-refractivity contribution in [3.05, 3.63) is 59.2 Å². The first kappa shape index (κ1) is 13.3. The van der Waals surface area contributed by atoms with E-state index in [1.54, 1.807) is 11.8 Å². The molecule has 2 nitrogen and oxygen atoms in total. The van der Waals surface area contributed by atoms with Crippen LogP contribution in [0, 0.1) is 20.8 Å². The van der Waals surface area contributed by atoms with Crippen LogP contribution in [-0.4, -0.2) is 5.91 Å². The van der Waals surface area contributed by atoms with Gasteiger partial charge in [0.25, 0.3) is 0 Å². The lowest BCUT2D eigenvalue weighted by atomic mass is 10.1. The number of anilines is 2. The summed E-state index contributed by atoms with van der Waals surface area (Å²) in [4.78, 5) is 13.7. The maximum absolute atomic E-state index is 12.0. The summed E-state index contributed by atoms with van der Waals surface area (Å²) in [6.45, 7) is 7.73. The molecule has 2 rings (SSSR count). The average molecular weight is 253 g/mol. The van der Waals surface area contributed by atoms with Crippen LogP contribution in [0.2, 0.25) is 0 Å². The van der Waals surface area contributed by atoms with Crippen LogP contribution in [0.5, 0.6) is 0 Å². The Morgan fingerprint density at radius 2 is 1.32 bits per heavy atom. The second-order valence-corrected chi connectivity index (χ2v) is 5.04. The van der Waals surface area contributed by atoms with Crippen molar-refractivity contribution in [2.75, 3.05) is 4.90 Å². The largest absolute Gasteiger partial charge is 0.281 e. The van der Waals surface area contributed by atoms with E-state index < -0.39 is 0 Å². The Labute approximate surface area is 114 Å².